The molecule has 1 aromatic heterocycles. The van der Waals surface area contributed by atoms with Gasteiger partial charge in [-0.15, -0.1) is 0 Å². The molecule has 0 saturated carbocycles. The molecule has 1 aromatic carbocycles. The molecule has 9 nitrogen and oxygen atoms in total. The third kappa shape index (κ3) is 5.03. The van der Waals surface area contributed by atoms with Crippen LogP contribution in [0, 0.1) is 0 Å². The quantitative estimate of drug-likeness (QED) is 0.357. The molecule has 1 fully saturated rings. The van der Waals surface area contributed by atoms with Gasteiger partial charge in [-0.25, -0.2) is 4.68 Å². The Labute approximate surface area is 168 Å². The van der Waals surface area contributed by atoms with Gasteiger partial charge in [-0.05, 0) is 31.2 Å². The van der Waals surface area contributed by atoms with Crippen molar-refractivity contribution in [3.8, 4) is 0 Å². The molecular formula is C18H24N6O3S. The normalized spacial score (nSPS) is 14.6. The second-order valence-electron chi connectivity index (χ2n) is 6.47. The minimum Gasteiger partial charge on any atom is -0.379 e. The van der Waals surface area contributed by atoms with Gasteiger partial charge in [0.2, 0.25) is 0 Å². The second-order valence-corrected chi connectivity index (χ2v) is 6.87. The van der Waals surface area contributed by atoms with E-state index in [-0.39, 0.29) is 11.3 Å². The van der Waals surface area contributed by atoms with Crippen molar-refractivity contribution in [2.75, 3.05) is 39.4 Å². The molecule has 0 bridgehead atoms. The number of hydrazine groups is 1. The predicted molar refractivity (Wildman–Crippen MR) is 110 cm³/mol. The predicted octanol–water partition coefficient (Wildman–Crippen LogP) is -0.235. The average molecular weight is 404 g/mol. The van der Waals surface area contributed by atoms with E-state index in [1.807, 2.05) is 0 Å². The number of nitrogens with one attached hydrogen (secondary N) is 3. The first kappa shape index (κ1) is 20.2. The van der Waals surface area contributed by atoms with Crippen LogP contribution in [0.5, 0.6) is 0 Å². The Morgan fingerprint density at radius 1 is 1.21 bits per heavy atom. The first-order valence-electron chi connectivity index (χ1n) is 9.16. The number of carbonyl (C=O) groups is 1. The number of hydrogen-bond acceptors (Lipinski definition) is 6. The van der Waals surface area contributed by atoms with Gasteiger partial charge in [0.15, 0.2) is 10.8 Å². The SMILES string of the molecule is Cn1nc(C(=O)NNC(=S)NCCCN2CCOCC2)c2ccccc2c1=O. The van der Waals surface area contributed by atoms with Gasteiger partial charge in [-0.3, -0.25) is 25.3 Å². The van der Waals surface area contributed by atoms with Crippen LogP contribution in [0.4, 0.5) is 0 Å². The summed E-state index contributed by atoms with van der Waals surface area (Å²) in [6.07, 6.45) is 0.933. The second kappa shape index (κ2) is 9.58. The van der Waals surface area contributed by atoms with Crippen molar-refractivity contribution in [3.05, 3.63) is 40.3 Å². The van der Waals surface area contributed by atoms with E-state index < -0.39 is 5.91 Å². The Hall–Kier alpha value is -2.56. The number of morpholine rings is 1. The van der Waals surface area contributed by atoms with Gasteiger partial charge in [-0.1, -0.05) is 18.2 Å². The number of nitrogens with zero attached hydrogens (tertiary/aromatic N) is 3. The Morgan fingerprint density at radius 3 is 2.68 bits per heavy atom. The smallest absolute Gasteiger partial charge is 0.290 e. The molecule has 3 rings (SSSR count). The molecule has 2 heterocycles. The molecule has 0 spiro atoms. The van der Waals surface area contributed by atoms with E-state index in [2.05, 4.69) is 26.2 Å². The van der Waals surface area contributed by atoms with Crippen LogP contribution >= 0.6 is 12.2 Å². The van der Waals surface area contributed by atoms with Crippen LogP contribution in [-0.4, -0.2) is 65.1 Å². The Morgan fingerprint density at radius 2 is 1.93 bits per heavy atom. The fraction of sp³-hybridized carbons (Fsp3) is 0.444. The largest absolute Gasteiger partial charge is 0.379 e. The van der Waals surface area contributed by atoms with Crippen molar-refractivity contribution >= 4 is 34.0 Å². The number of fused-ring (bicyclic) bond motifs is 1. The number of amides is 1. The van der Waals surface area contributed by atoms with E-state index in [1.54, 1.807) is 24.3 Å². The summed E-state index contributed by atoms with van der Waals surface area (Å²) in [7, 11) is 1.51. The van der Waals surface area contributed by atoms with Gasteiger partial charge in [0.25, 0.3) is 11.5 Å². The number of carbonyl (C=O) groups excluding carboxylic acids is 1. The lowest BCUT2D eigenvalue weighted by Gasteiger charge is -2.26. The molecule has 1 amide bonds. The zero-order valence-corrected chi connectivity index (χ0v) is 16.6. The summed E-state index contributed by atoms with van der Waals surface area (Å²) in [5.41, 5.74) is 5.11. The zero-order valence-electron chi connectivity index (χ0n) is 15.7. The van der Waals surface area contributed by atoms with Gasteiger partial charge in [0, 0.05) is 32.1 Å². The Balaban J connectivity index is 1.49. The summed E-state index contributed by atoms with van der Waals surface area (Å²) < 4.78 is 6.48. The maximum absolute atomic E-state index is 12.5. The first-order chi connectivity index (χ1) is 13.6. The zero-order chi connectivity index (χ0) is 19.9. The van der Waals surface area contributed by atoms with Crippen LogP contribution in [0.3, 0.4) is 0 Å². The van der Waals surface area contributed by atoms with Crippen molar-refractivity contribution in [1.82, 2.24) is 30.8 Å². The number of benzene rings is 1. The lowest BCUT2D eigenvalue weighted by molar-refractivity contribution is 0.0376. The summed E-state index contributed by atoms with van der Waals surface area (Å²) in [4.78, 5) is 27.0. The summed E-state index contributed by atoms with van der Waals surface area (Å²) >= 11 is 5.19. The molecule has 28 heavy (non-hydrogen) atoms. The van der Waals surface area contributed by atoms with Crippen molar-refractivity contribution in [2.24, 2.45) is 7.05 Å². The molecule has 0 radical (unpaired) electrons. The van der Waals surface area contributed by atoms with Crippen LogP contribution in [0.25, 0.3) is 10.8 Å². The highest BCUT2D eigenvalue weighted by Crippen LogP contribution is 2.12. The van der Waals surface area contributed by atoms with Gasteiger partial charge in [-0.2, -0.15) is 5.10 Å². The molecular weight excluding hydrogens is 380 g/mol. The summed E-state index contributed by atoms with van der Waals surface area (Å²) in [5, 5.41) is 8.39. The van der Waals surface area contributed by atoms with Crippen molar-refractivity contribution in [1.29, 1.82) is 0 Å². The highest BCUT2D eigenvalue weighted by atomic mass is 32.1. The molecule has 2 aromatic rings. The van der Waals surface area contributed by atoms with Crippen molar-refractivity contribution in [2.45, 2.75) is 6.42 Å². The molecule has 1 aliphatic heterocycles. The van der Waals surface area contributed by atoms with E-state index >= 15 is 0 Å². The highest BCUT2D eigenvalue weighted by Gasteiger charge is 2.15. The molecule has 0 atom stereocenters. The minimum atomic E-state index is -0.468. The first-order valence-corrected chi connectivity index (χ1v) is 9.57. The van der Waals surface area contributed by atoms with Crippen molar-refractivity contribution < 1.29 is 9.53 Å². The molecule has 0 aliphatic carbocycles. The fourth-order valence-electron chi connectivity index (χ4n) is 3.01. The van der Waals surface area contributed by atoms with Crippen molar-refractivity contribution in [3.63, 3.8) is 0 Å². The van der Waals surface area contributed by atoms with Gasteiger partial charge in [0.1, 0.15) is 0 Å². The number of ether oxygens (including phenoxy) is 1. The molecule has 1 saturated heterocycles. The maximum atomic E-state index is 12.5. The van der Waals surface area contributed by atoms with Crippen LogP contribution in [0.15, 0.2) is 29.1 Å². The minimum absolute atomic E-state index is 0.153. The Kier molecular flexibility index (Phi) is 6.90. The van der Waals surface area contributed by atoms with E-state index in [4.69, 9.17) is 17.0 Å². The van der Waals surface area contributed by atoms with Gasteiger partial charge in [0.05, 0.1) is 18.6 Å². The summed E-state index contributed by atoms with van der Waals surface area (Å²) in [6, 6.07) is 6.87. The molecule has 0 unspecified atom stereocenters. The van der Waals surface area contributed by atoms with E-state index in [1.165, 1.54) is 7.05 Å². The number of rotatable bonds is 5. The number of thiocarbonyl (C=S) groups is 1. The fourth-order valence-corrected chi connectivity index (χ4v) is 3.17. The molecule has 150 valence electrons. The van der Waals surface area contributed by atoms with Crippen LogP contribution in [0.2, 0.25) is 0 Å². The highest BCUT2D eigenvalue weighted by molar-refractivity contribution is 7.80. The summed E-state index contributed by atoms with van der Waals surface area (Å²) in [6.45, 7) is 5.15. The van der Waals surface area contributed by atoms with Gasteiger partial charge >= 0.3 is 0 Å². The maximum Gasteiger partial charge on any atom is 0.290 e. The van der Waals surface area contributed by atoms with Crippen LogP contribution in [-0.2, 0) is 11.8 Å². The number of aryl methyl sites for hydroxylation is 1. The van der Waals surface area contributed by atoms with Crippen LogP contribution in [0.1, 0.15) is 16.9 Å². The molecule has 10 heteroatoms. The van der Waals surface area contributed by atoms with Crippen LogP contribution < -0.4 is 21.7 Å². The third-order valence-corrected chi connectivity index (χ3v) is 4.75. The third-order valence-electron chi connectivity index (χ3n) is 4.50. The van der Waals surface area contributed by atoms with Gasteiger partial charge < -0.3 is 10.1 Å². The topological polar surface area (TPSA) is 101 Å². The Bertz CT molecular complexity index is 910. The number of aromatic nitrogens is 2. The standard InChI is InChI=1S/C18H24N6O3S/c1-23-17(26)14-6-3-2-5-13(14)15(22-23)16(25)20-21-18(28)19-7-4-8-24-9-11-27-12-10-24/h2-3,5-6H,4,7-12H2,1H3,(H,20,25)(H2,19,21,28). The van der Waals surface area contributed by atoms with E-state index in [0.717, 1.165) is 44.0 Å². The molecule has 1 aliphatic rings. The van der Waals surface area contributed by atoms with E-state index in [0.29, 0.717) is 22.4 Å². The average Bonchev–Trinajstić information content (AvgIpc) is 2.73. The van der Waals surface area contributed by atoms with E-state index in [9.17, 15) is 9.59 Å². The molecule has 3 N–H and O–H groups in total. The lowest BCUT2D eigenvalue weighted by Crippen LogP contribution is -2.48. The monoisotopic (exact) mass is 404 g/mol. The number of hydrogen-bond donors (Lipinski definition) is 3. The lowest BCUT2D eigenvalue weighted by atomic mass is 10.1. The summed E-state index contributed by atoms with van der Waals surface area (Å²) in [5.74, 6) is -0.468.